The molecule has 0 atom stereocenters. The van der Waals surface area contributed by atoms with E-state index in [1.807, 2.05) is 0 Å². The van der Waals surface area contributed by atoms with E-state index in [1.165, 1.54) is 13.8 Å². The highest BCUT2D eigenvalue weighted by Crippen LogP contribution is 2.27. The first-order chi connectivity index (χ1) is 9.14. The quantitative estimate of drug-likeness (QED) is 0.490. The normalized spacial score (nSPS) is 11.6. The largest absolute Gasteiger partial charge is 0.405 e. The van der Waals surface area contributed by atoms with Crippen LogP contribution >= 0.6 is 0 Å². The molecule has 1 rings (SSSR count). The van der Waals surface area contributed by atoms with Crippen molar-refractivity contribution >= 4 is 17.3 Å². The van der Waals surface area contributed by atoms with Gasteiger partial charge in [-0.05, 0) is 13.8 Å². The van der Waals surface area contributed by atoms with Crippen molar-refractivity contribution in [3.63, 3.8) is 0 Å². The summed E-state index contributed by atoms with van der Waals surface area (Å²) in [6, 6.07) is 1.47. The van der Waals surface area contributed by atoms with Gasteiger partial charge < -0.3 is 10.3 Å². The number of hydrogen-bond donors (Lipinski definition) is 2. The minimum atomic E-state index is -4.45. The van der Waals surface area contributed by atoms with Crippen LogP contribution in [0.2, 0.25) is 0 Å². The van der Waals surface area contributed by atoms with E-state index < -0.39 is 29.4 Å². The number of aromatic nitrogens is 1. The Labute approximate surface area is 112 Å². The van der Waals surface area contributed by atoms with E-state index in [-0.39, 0.29) is 11.6 Å². The summed E-state index contributed by atoms with van der Waals surface area (Å²) in [6.45, 7) is 1.80. The fraction of sp³-hybridized carbons (Fsp3) is 0.500. The van der Waals surface area contributed by atoms with Crippen LogP contribution < -0.4 is 16.2 Å². The lowest BCUT2D eigenvalue weighted by Gasteiger charge is -2.28. The molecular weight excluding hydrogens is 279 g/mol. The number of nitrogens with zero attached hydrogens (tertiary/aromatic N) is 3. The zero-order valence-corrected chi connectivity index (χ0v) is 10.8. The molecule has 10 heteroatoms. The molecule has 20 heavy (non-hydrogen) atoms. The number of pyridine rings is 1. The van der Waals surface area contributed by atoms with Crippen LogP contribution in [0.25, 0.3) is 0 Å². The second-order valence-electron chi connectivity index (χ2n) is 4.31. The summed E-state index contributed by atoms with van der Waals surface area (Å²) in [4.78, 5) is 14.8. The fourth-order valence-corrected chi connectivity index (χ4v) is 1.55. The third-order valence-electron chi connectivity index (χ3n) is 2.42. The molecule has 0 fully saturated rings. The van der Waals surface area contributed by atoms with Gasteiger partial charge in [0.2, 0.25) is 0 Å². The molecule has 0 amide bonds. The van der Waals surface area contributed by atoms with Gasteiger partial charge in [-0.3, -0.25) is 10.1 Å². The standard InChI is InChI=1S/C10H14F3N5O2/c1-6(2)17(5-10(11,12)13)9-4-7(18(19)20)3-8(15-9)16-14/h3-4,6H,5,14H2,1-2H3,(H,15,16). The van der Waals surface area contributed by atoms with Gasteiger partial charge in [0, 0.05) is 6.04 Å². The van der Waals surface area contributed by atoms with Crippen LogP contribution in [0.1, 0.15) is 13.8 Å². The molecular formula is C10H14F3N5O2. The zero-order chi connectivity index (χ0) is 15.5. The van der Waals surface area contributed by atoms with Crippen molar-refractivity contribution in [1.82, 2.24) is 4.98 Å². The average Bonchev–Trinajstić information content (AvgIpc) is 2.33. The highest BCUT2D eigenvalue weighted by Gasteiger charge is 2.33. The minimum Gasteiger partial charge on any atom is -0.345 e. The molecule has 0 saturated carbocycles. The molecule has 0 aliphatic heterocycles. The van der Waals surface area contributed by atoms with Crippen LogP contribution in [0.3, 0.4) is 0 Å². The van der Waals surface area contributed by atoms with Gasteiger partial charge in [0.05, 0.1) is 17.1 Å². The zero-order valence-electron chi connectivity index (χ0n) is 10.8. The molecule has 1 aromatic heterocycles. The number of hydrazine groups is 1. The van der Waals surface area contributed by atoms with Crippen molar-refractivity contribution < 1.29 is 18.1 Å². The van der Waals surface area contributed by atoms with Crippen molar-refractivity contribution in [2.24, 2.45) is 5.84 Å². The van der Waals surface area contributed by atoms with Crippen LogP contribution in [0.4, 0.5) is 30.5 Å². The Balaban J connectivity index is 3.25. The first-order valence-corrected chi connectivity index (χ1v) is 5.60. The fourth-order valence-electron chi connectivity index (χ4n) is 1.55. The number of halogens is 3. The number of rotatable bonds is 5. The van der Waals surface area contributed by atoms with Gasteiger partial charge in [-0.2, -0.15) is 13.2 Å². The van der Waals surface area contributed by atoms with Gasteiger partial charge in [0.1, 0.15) is 18.2 Å². The molecule has 0 radical (unpaired) electrons. The van der Waals surface area contributed by atoms with Gasteiger partial charge >= 0.3 is 6.18 Å². The van der Waals surface area contributed by atoms with Crippen molar-refractivity contribution in [3.05, 3.63) is 22.2 Å². The lowest BCUT2D eigenvalue weighted by atomic mass is 10.2. The maximum absolute atomic E-state index is 12.5. The predicted octanol–water partition coefficient (Wildman–Crippen LogP) is 2.05. The van der Waals surface area contributed by atoms with Crippen LogP contribution in [-0.2, 0) is 0 Å². The maximum Gasteiger partial charge on any atom is 0.405 e. The van der Waals surface area contributed by atoms with E-state index in [1.54, 1.807) is 0 Å². The third-order valence-corrected chi connectivity index (χ3v) is 2.42. The van der Waals surface area contributed by atoms with Crippen LogP contribution in [-0.4, -0.2) is 28.7 Å². The Hall–Kier alpha value is -2.10. The summed E-state index contributed by atoms with van der Waals surface area (Å²) < 4.78 is 37.6. The molecule has 3 N–H and O–H groups in total. The van der Waals surface area contributed by atoms with E-state index >= 15 is 0 Å². The first kappa shape index (κ1) is 16.0. The summed E-state index contributed by atoms with van der Waals surface area (Å²) in [5.74, 6) is 4.87. The Morgan fingerprint density at radius 1 is 1.50 bits per heavy atom. The van der Waals surface area contributed by atoms with Crippen molar-refractivity contribution in [2.45, 2.75) is 26.1 Å². The second kappa shape index (κ2) is 5.90. The van der Waals surface area contributed by atoms with Gasteiger partial charge in [0.15, 0.2) is 0 Å². The van der Waals surface area contributed by atoms with Crippen LogP contribution in [0.15, 0.2) is 12.1 Å². The molecule has 0 bridgehead atoms. The number of nitrogen functional groups attached to an aromatic ring is 1. The molecule has 1 heterocycles. The Morgan fingerprint density at radius 3 is 2.50 bits per heavy atom. The lowest BCUT2D eigenvalue weighted by molar-refractivity contribution is -0.384. The van der Waals surface area contributed by atoms with Gasteiger partial charge in [-0.25, -0.2) is 10.8 Å². The first-order valence-electron chi connectivity index (χ1n) is 5.60. The van der Waals surface area contributed by atoms with E-state index in [9.17, 15) is 23.3 Å². The van der Waals surface area contributed by atoms with Crippen molar-refractivity contribution in [1.29, 1.82) is 0 Å². The number of hydrogen-bond acceptors (Lipinski definition) is 6. The molecule has 7 nitrogen and oxygen atoms in total. The summed E-state index contributed by atoms with van der Waals surface area (Å²) in [7, 11) is 0. The van der Waals surface area contributed by atoms with Crippen molar-refractivity contribution in [3.8, 4) is 0 Å². The minimum absolute atomic E-state index is 0.0815. The lowest BCUT2D eigenvalue weighted by Crippen LogP contribution is -2.39. The third kappa shape index (κ3) is 4.23. The van der Waals surface area contributed by atoms with Crippen LogP contribution in [0, 0.1) is 10.1 Å². The number of alkyl halides is 3. The summed E-state index contributed by atoms with van der Waals surface area (Å²) in [5.41, 5.74) is 1.70. The molecule has 1 aromatic rings. The molecule has 0 spiro atoms. The molecule has 0 aromatic carbocycles. The number of nitro groups is 1. The van der Waals surface area contributed by atoms with Gasteiger partial charge in [0.25, 0.3) is 5.69 Å². The van der Waals surface area contributed by atoms with E-state index in [4.69, 9.17) is 5.84 Å². The topological polar surface area (TPSA) is 97.3 Å². The number of anilines is 2. The highest BCUT2D eigenvalue weighted by atomic mass is 19.4. The van der Waals surface area contributed by atoms with E-state index in [0.29, 0.717) is 0 Å². The Bertz CT molecular complexity index is 492. The summed E-state index contributed by atoms with van der Waals surface area (Å²) in [6.07, 6.45) is -4.45. The second-order valence-corrected chi connectivity index (χ2v) is 4.31. The molecule has 0 aliphatic carbocycles. The van der Waals surface area contributed by atoms with Crippen molar-refractivity contribution in [2.75, 3.05) is 16.9 Å². The molecule has 0 saturated heterocycles. The van der Waals surface area contributed by atoms with E-state index in [2.05, 4.69) is 10.4 Å². The van der Waals surface area contributed by atoms with E-state index in [0.717, 1.165) is 17.0 Å². The monoisotopic (exact) mass is 293 g/mol. The Morgan fingerprint density at radius 2 is 2.10 bits per heavy atom. The van der Waals surface area contributed by atoms with Gasteiger partial charge in [-0.1, -0.05) is 0 Å². The molecule has 0 aliphatic rings. The number of nitrogens with one attached hydrogen (secondary N) is 1. The smallest absolute Gasteiger partial charge is 0.345 e. The summed E-state index contributed by atoms with van der Waals surface area (Å²) in [5, 5.41) is 10.8. The molecule has 112 valence electrons. The molecule has 0 unspecified atom stereocenters. The summed E-state index contributed by atoms with van der Waals surface area (Å²) >= 11 is 0. The highest BCUT2D eigenvalue weighted by molar-refractivity contribution is 5.56. The number of nitrogens with two attached hydrogens (primary N) is 1. The van der Waals surface area contributed by atoms with Crippen LogP contribution in [0.5, 0.6) is 0 Å². The average molecular weight is 293 g/mol. The maximum atomic E-state index is 12.5. The SMILES string of the molecule is CC(C)N(CC(F)(F)F)c1cc([N+](=O)[O-])cc(NN)n1. The predicted molar refractivity (Wildman–Crippen MR) is 67.2 cm³/mol. The Kier molecular flexibility index (Phi) is 4.71. The van der Waals surface area contributed by atoms with Gasteiger partial charge in [-0.15, -0.1) is 0 Å².